The van der Waals surface area contributed by atoms with Gasteiger partial charge in [-0.25, -0.2) is 17.6 Å². The van der Waals surface area contributed by atoms with E-state index in [1.807, 2.05) is 0 Å². The molecule has 1 N–H and O–H groups in total. The molecule has 0 spiro atoms. The second-order valence-electron chi connectivity index (χ2n) is 4.52. The molecule has 0 fully saturated rings. The molecule has 0 unspecified atom stereocenters. The van der Waals surface area contributed by atoms with Crippen LogP contribution in [0, 0.1) is 35.1 Å². The summed E-state index contributed by atoms with van der Waals surface area (Å²) in [5.74, 6) is 0.800. The summed E-state index contributed by atoms with van der Waals surface area (Å²) in [5, 5.41) is 2.32. The first kappa shape index (κ1) is 17.3. The van der Waals surface area contributed by atoms with Crippen molar-refractivity contribution in [1.82, 2.24) is 5.32 Å². The van der Waals surface area contributed by atoms with E-state index in [4.69, 9.17) is 4.74 Å². The molecule has 2 rings (SSSR count). The number of benzene rings is 2. The average Bonchev–Trinajstić information content (AvgIpc) is 2.52. The van der Waals surface area contributed by atoms with Crippen LogP contribution in [0.25, 0.3) is 0 Å². The molecule has 2 aromatic rings. The molecular formula is C17H11F4NO2. The van der Waals surface area contributed by atoms with Crippen molar-refractivity contribution in [2.45, 2.75) is 0 Å². The lowest BCUT2D eigenvalue weighted by molar-refractivity contribution is 0.0954. The summed E-state index contributed by atoms with van der Waals surface area (Å²) < 4.78 is 57.0. The van der Waals surface area contributed by atoms with Crippen LogP contribution in [0.5, 0.6) is 5.75 Å². The van der Waals surface area contributed by atoms with E-state index in [-0.39, 0.29) is 24.5 Å². The van der Waals surface area contributed by atoms with Crippen LogP contribution < -0.4 is 10.1 Å². The van der Waals surface area contributed by atoms with Crippen molar-refractivity contribution in [2.75, 3.05) is 13.2 Å². The summed E-state index contributed by atoms with van der Waals surface area (Å²) in [7, 11) is 0. The summed E-state index contributed by atoms with van der Waals surface area (Å²) in [6, 6.07) is 5.45. The van der Waals surface area contributed by atoms with Crippen molar-refractivity contribution in [1.29, 1.82) is 0 Å². The van der Waals surface area contributed by atoms with Crippen LogP contribution in [0.2, 0.25) is 0 Å². The van der Waals surface area contributed by atoms with E-state index in [1.54, 1.807) is 0 Å². The Labute approximate surface area is 135 Å². The molecule has 0 saturated heterocycles. The summed E-state index contributed by atoms with van der Waals surface area (Å²) in [6.07, 6.45) is 0. The summed E-state index contributed by atoms with van der Waals surface area (Å²) in [5.41, 5.74) is -0.303. The molecule has 0 aliphatic rings. The summed E-state index contributed by atoms with van der Waals surface area (Å²) >= 11 is 0. The van der Waals surface area contributed by atoms with E-state index >= 15 is 0 Å². The van der Waals surface area contributed by atoms with Crippen LogP contribution in [-0.2, 0) is 0 Å². The van der Waals surface area contributed by atoms with Gasteiger partial charge in [-0.15, -0.1) is 0 Å². The molecule has 0 saturated carbocycles. The lowest BCUT2D eigenvalue weighted by atomic mass is 10.2. The van der Waals surface area contributed by atoms with E-state index < -0.39 is 29.2 Å². The fourth-order valence-electron chi connectivity index (χ4n) is 1.71. The standard InChI is InChI=1S/C17H11F4NO2/c18-11-3-5-13(14(20)9-11)17(23)22-7-1-2-8-24-16-6-4-12(19)10-15(16)21/h3-6,9-10H,7-8H2,(H,22,23). The number of nitrogens with one attached hydrogen (secondary N) is 1. The molecule has 0 aliphatic heterocycles. The minimum absolute atomic E-state index is 0.106. The maximum atomic E-state index is 13.4. The Morgan fingerprint density at radius 3 is 2.29 bits per heavy atom. The van der Waals surface area contributed by atoms with Crippen LogP contribution in [0.4, 0.5) is 17.6 Å². The van der Waals surface area contributed by atoms with E-state index in [2.05, 4.69) is 17.2 Å². The highest BCUT2D eigenvalue weighted by Gasteiger charge is 2.11. The van der Waals surface area contributed by atoms with E-state index in [0.717, 1.165) is 24.3 Å². The van der Waals surface area contributed by atoms with Gasteiger partial charge >= 0.3 is 0 Å². The lowest BCUT2D eigenvalue weighted by Gasteiger charge is -2.03. The Hall–Kier alpha value is -3.01. The van der Waals surface area contributed by atoms with Gasteiger partial charge < -0.3 is 10.1 Å². The molecule has 1 amide bonds. The van der Waals surface area contributed by atoms with Crippen LogP contribution in [0.3, 0.4) is 0 Å². The number of ether oxygens (including phenoxy) is 1. The van der Waals surface area contributed by atoms with Gasteiger partial charge in [0, 0.05) is 12.1 Å². The zero-order valence-corrected chi connectivity index (χ0v) is 12.2. The normalized spacial score (nSPS) is 9.83. The molecule has 124 valence electrons. The largest absolute Gasteiger partial charge is 0.478 e. The Kier molecular flexibility index (Phi) is 5.79. The second-order valence-corrected chi connectivity index (χ2v) is 4.52. The van der Waals surface area contributed by atoms with Crippen molar-refractivity contribution in [3.05, 3.63) is 65.2 Å². The fraction of sp³-hybridized carbons (Fsp3) is 0.118. The quantitative estimate of drug-likeness (QED) is 0.688. The molecule has 0 heterocycles. The smallest absolute Gasteiger partial charge is 0.255 e. The highest BCUT2D eigenvalue weighted by atomic mass is 19.1. The van der Waals surface area contributed by atoms with Crippen LogP contribution >= 0.6 is 0 Å². The second kappa shape index (κ2) is 8.02. The van der Waals surface area contributed by atoms with Gasteiger partial charge in [0.05, 0.1) is 12.1 Å². The first-order chi connectivity index (χ1) is 11.5. The van der Waals surface area contributed by atoms with Crippen LogP contribution in [0.15, 0.2) is 36.4 Å². The third-order valence-electron chi connectivity index (χ3n) is 2.83. The number of carbonyl (C=O) groups is 1. The van der Waals surface area contributed by atoms with Gasteiger partial charge in [0.2, 0.25) is 0 Å². The number of halogens is 4. The van der Waals surface area contributed by atoms with E-state index in [0.29, 0.717) is 12.1 Å². The molecule has 0 atom stereocenters. The fourth-order valence-corrected chi connectivity index (χ4v) is 1.71. The molecule has 0 bridgehead atoms. The van der Waals surface area contributed by atoms with Gasteiger partial charge in [-0.05, 0) is 24.3 Å². The monoisotopic (exact) mass is 337 g/mol. The first-order valence-electron chi connectivity index (χ1n) is 6.74. The summed E-state index contributed by atoms with van der Waals surface area (Å²) in [4.78, 5) is 11.6. The Morgan fingerprint density at radius 2 is 1.62 bits per heavy atom. The summed E-state index contributed by atoms with van der Waals surface area (Å²) in [6.45, 7) is -0.283. The average molecular weight is 337 g/mol. The maximum absolute atomic E-state index is 13.4. The van der Waals surface area contributed by atoms with Crippen molar-refractivity contribution in [3.63, 3.8) is 0 Å². The number of carbonyl (C=O) groups excluding carboxylic acids is 1. The SMILES string of the molecule is O=C(NCC#CCOc1ccc(F)cc1F)c1ccc(F)cc1F. The van der Waals surface area contributed by atoms with Crippen molar-refractivity contribution in [2.24, 2.45) is 0 Å². The maximum Gasteiger partial charge on any atom is 0.255 e. The Bertz CT molecular complexity index is 812. The highest BCUT2D eigenvalue weighted by Crippen LogP contribution is 2.17. The topological polar surface area (TPSA) is 38.3 Å². The van der Waals surface area contributed by atoms with Crippen LogP contribution in [0.1, 0.15) is 10.4 Å². The minimum Gasteiger partial charge on any atom is -0.478 e. The molecular weight excluding hydrogens is 326 g/mol. The van der Waals surface area contributed by atoms with Gasteiger partial charge in [-0.3, -0.25) is 4.79 Å². The third kappa shape index (κ3) is 4.74. The van der Waals surface area contributed by atoms with Crippen molar-refractivity contribution < 1.29 is 27.1 Å². The first-order valence-corrected chi connectivity index (χ1v) is 6.74. The van der Waals surface area contributed by atoms with Gasteiger partial charge in [-0.2, -0.15) is 0 Å². The zero-order chi connectivity index (χ0) is 17.5. The molecule has 0 radical (unpaired) electrons. The van der Waals surface area contributed by atoms with Crippen molar-refractivity contribution in [3.8, 4) is 17.6 Å². The highest BCUT2D eigenvalue weighted by molar-refractivity contribution is 5.94. The zero-order valence-electron chi connectivity index (χ0n) is 12.2. The number of hydrogen-bond donors (Lipinski definition) is 1. The molecule has 3 nitrogen and oxygen atoms in total. The van der Waals surface area contributed by atoms with E-state index in [1.165, 1.54) is 0 Å². The predicted octanol–water partition coefficient (Wildman–Crippen LogP) is 3.06. The van der Waals surface area contributed by atoms with Crippen molar-refractivity contribution >= 4 is 5.91 Å². The third-order valence-corrected chi connectivity index (χ3v) is 2.83. The van der Waals surface area contributed by atoms with Gasteiger partial charge in [-0.1, -0.05) is 11.8 Å². The minimum atomic E-state index is -0.976. The lowest BCUT2D eigenvalue weighted by Crippen LogP contribution is -2.24. The molecule has 7 heteroatoms. The number of hydrogen-bond acceptors (Lipinski definition) is 2. The molecule has 0 aliphatic carbocycles. The predicted molar refractivity (Wildman–Crippen MR) is 78.3 cm³/mol. The van der Waals surface area contributed by atoms with Gasteiger partial charge in [0.25, 0.3) is 5.91 Å². The number of amides is 1. The van der Waals surface area contributed by atoms with Gasteiger partial charge in [0.15, 0.2) is 11.6 Å². The molecule has 0 aromatic heterocycles. The van der Waals surface area contributed by atoms with Crippen LogP contribution in [-0.4, -0.2) is 19.1 Å². The molecule has 24 heavy (non-hydrogen) atoms. The Morgan fingerprint density at radius 1 is 0.958 bits per heavy atom. The van der Waals surface area contributed by atoms with E-state index in [9.17, 15) is 22.4 Å². The number of rotatable bonds is 4. The molecule has 2 aromatic carbocycles. The van der Waals surface area contributed by atoms with Gasteiger partial charge in [0.1, 0.15) is 24.1 Å². The Balaban J connectivity index is 1.80.